The van der Waals surface area contributed by atoms with Gasteiger partial charge in [0.15, 0.2) is 11.0 Å². The first-order valence-electron chi connectivity index (χ1n) is 8.74. The summed E-state index contributed by atoms with van der Waals surface area (Å²) in [6, 6.07) is 22.1. The molecule has 0 aliphatic carbocycles. The maximum atomic E-state index is 14.6. The number of halogens is 2. The quantitative estimate of drug-likeness (QED) is 0.419. The predicted octanol–water partition coefficient (Wildman–Crippen LogP) is 5.38. The molecule has 1 heterocycles. The fourth-order valence-corrected chi connectivity index (χ4v) is 3.86. The Hall–Kier alpha value is -3.50. The topological polar surface area (TPSA) is 54.5 Å². The fraction of sp³-hybridized carbons (Fsp3) is 0.0455. The second-order valence-corrected chi connectivity index (χ2v) is 7.10. The van der Waals surface area contributed by atoms with Gasteiger partial charge in [-0.1, -0.05) is 60.3 Å². The van der Waals surface area contributed by atoms with Crippen molar-refractivity contribution in [2.45, 2.75) is 10.9 Å². The molecule has 0 amide bonds. The van der Waals surface area contributed by atoms with E-state index in [0.29, 0.717) is 22.3 Å². The highest BCUT2D eigenvalue weighted by Crippen LogP contribution is 2.31. The number of nitriles is 1. The molecule has 0 atom stereocenters. The van der Waals surface area contributed by atoms with Crippen molar-refractivity contribution in [1.29, 1.82) is 5.26 Å². The maximum Gasteiger partial charge on any atom is 0.196 e. The molecule has 0 saturated heterocycles. The summed E-state index contributed by atoms with van der Waals surface area (Å²) in [6.07, 6.45) is 0. The Kier molecular flexibility index (Phi) is 5.36. The van der Waals surface area contributed by atoms with Crippen LogP contribution in [-0.4, -0.2) is 14.8 Å². The van der Waals surface area contributed by atoms with Gasteiger partial charge in [0.25, 0.3) is 0 Å². The minimum Gasteiger partial charge on any atom is -0.267 e. The second kappa shape index (κ2) is 8.25. The van der Waals surface area contributed by atoms with Crippen LogP contribution in [0, 0.1) is 23.0 Å². The van der Waals surface area contributed by atoms with Crippen molar-refractivity contribution in [3.8, 4) is 23.1 Å². The molecule has 4 nitrogen and oxygen atoms in total. The molecule has 0 aliphatic heterocycles. The number of hydrogen-bond acceptors (Lipinski definition) is 4. The zero-order chi connectivity index (χ0) is 20.2. The Labute approximate surface area is 170 Å². The standard InChI is InChI=1S/C22H14F2N4S/c23-18-10-11-20(19(24)12-18)28-21(15-6-2-1-3-7-15)26-27-22(28)29-14-17-9-5-4-8-16(17)13-25/h1-12H,14H2. The van der Waals surface area contributed by atoms with Gasteiger partial charge in [0.1, 0.15) is 11.6 Å². The molecule has 0 N–H and O–H groups in total. The van der Waals surface area contributed by atoms with Crippen molar-refractivity contribution in [2.24, 2.45) is 0 Å². The Morgan fingerprint density at radius 2 is 1.69 bits per heavy atom. The van der Waals surface area contributed by atoms with Crippen LogP contribution in [0.5, 0.6) is 0 Å². The van der Waals surface area contributed by atoms with Gasteiger partial charge in [0.2, 0.25) is 0 Å². The zero-order valence-corrected chi connectivity index (χ0v) is 15.9. The lowest BCUT2D eigenvalue weighted by Crippen LogP contribution is -2.03. The summed E-state index contributed by atoms with van der Waals surface area (Å²) >= 11 is 1.33. The van der Waals surface area contributed by atoms with Crippen LogP contribution in [0.3, 0.4) is 0 Å². The van der Waals surface area contributed by atoms with E-state index in [1.807, 2.05) is 42.5 Å². The predicted molar refractivity (Wildman–Crippen MR) is 107 cm³/mol. The van der Waals surface area contributed by atoms with Crippen molar-refractivity contribution in [3.63, 3.8) is 0 Å². The third-order valence-electron chi connectivity index (χ3n) is 4.31. The molecular weight excluding hydrogens is 390 g/mol. The number of rotatable bonds is 5. The number of benzene rings is 3. The lowest BCUT2D eigenvalue weighted by atomic mass is 10.1. The smallest absolute Gasteiger partial charge is 0.196 e. The molecule has 0 saturated carbocycles. The van der Waals surface area contributed by atoms with E-state index in [1.165, 1.54) is 23.9 Å². The van der Waals surface area contributed by atoms with E-state index < -0.39 is 11.6 Å². The zero-order valence-electron chi connectivity index (χ0n) is 15.1. The van der Waals surface area contributed by atoms with Crippen LogP contribution in [-0.2, 0) is 5.75 Å². The Bertz CT molecular complexity index is 1200. The number of nitrogens with zero attached hydrogens (tertiary/aromatic N) is 4. The number of hydrogen-bond donors (Lipinski definition) is 0. The van der Waals surface area contributed by atoms with E-state index in [4.69, 9.17) is 0 Å². The summed E-state index contributed by atoms with van der Waals surface area (Å²) in [6.45, 7) is 0. The van der Waals surface area contributed by atoms with E-state index in [0.717, 1.165) is 17.2 Å². The Balaban J connectivity index is 1.78. The normalized spacial score (nSPS) is 10.7. The molecule has 4 aromatic rings. The van der Waals surface area contributed by atoms with Gasteiger partial charge in [0, 0.05) is 17.4 Å². The van der Waals surface area contributed by atoms with Gasteiger partial charge in [0.05, 0.1) is 17.3 Å². The average molecular weight is 404 g/mol. The maximum absolute atomic E-state index is 14.6. The molecule has 0 radical (unpaired) electrons. The van der Waals surface area contributed by atoms with Crippen molar-refractivity contribution < 1.29 is 8.78 Å². The first-order chi connectivity index (χ1) is 14.2. The van der Waals surface area contributed by atoms with E-state index in [9.17, 15) is 14.0 Å². The largest absolute Gasteiger partial charge is 0.267 e. The molecule has 142 valence electrons. The molecule has 0 aliphatic rings. The van der Waals surface area contributed by atoms with Crippen molar-refractivity contribution in [2.75, 3.05) is 0 Å². The van der Waals surface area contributed by atoms with Crippen LogP contribution < -0.4 is 0 Å². The number of aromatic nitrogens is 3. The van der Waals surface area contributed by atoms with Crippen molar-refractivity contribution in [3.05, 3.63) is 95.6 Å². The minimum absolute atomic E-state index is 0.159. The van der Waals surface area contributed by atoms with Crippen LogP contribution in [0.15, 0.2) is 78.0 Å². The molecule has 7 heteroatoms. The highest BCUT2D eigenvalue weighted by molar-refractivity contribution is 7.98. The Morgan fingerprint density at radius 1 is 0.931 bits per heavy atom. The summed E-state index contributed by atoms with van der Waals surface area (Å²) in [5.74, 6) is -0.453. The van der Waals surface area contributed by atoms with Crippen molar-refractivity contribution in [1.82, 2.24) is 14.8 Å². The lowest BCUT2D eigenvalue weighted by Gasteiger charge is -2.11. The minimum atomic E-state index is -0.707. The van der Waals surface area contributed by atoms with Gasteiger partial charge >= 0.3 is 0 Å². The molecule has 1 aromatic heterocycles. The summed E-state index contributed by atoms with van der Waals surface area (Å²) < 4.78 is 29.6. The SMILES string of the molecule is N#Cc1ccccc1CSc1nnc(-c2ccccc2)n1-c1ccc(F)cc1F. The second-order valence-electron chi connectivity index (χ2n) is 6.16. The molecular formula is C22H14F2N4S. The van der Waals surface area contributed by atoms with E-state index in [-0.39, 0.29) is 5.69 Å². The van der Waals surface area contributed by atoms with Crippen LogP contribution in [0.25, 0.3) is 17.1 Å². The van der Waals surface area contributed by atoms with Crippen molar-refractivity contribution >= 4 is 11.8 Å². The highest BCUT2D eigenvalue weighted by Gasteiger charge is 2.19. The van der Waals surface area contributed by atoms with Gasteiger partial charge < -0.3 is 0 Å². The van der Waals surface area contributed by atoms with E-state index in [2.05, 4.69) is 16.3 Å². The van der Waals surface area contributed by atoms with Gasteiger partial charge in [-0.05, 0) is 23.8 Å². The average Bonchev–Trinajstić information content (AvgIpc) is 3.16. The number of thioether (sulfide) groups is 1. The third kappa shape index (κ3) is 3.89. The summed E-state index contributed by atoms with van der Waals surface area (Å²) in [4.78, 5) is 0. The summed E-state index contributed by atoms with van der Waals surface area (Å²) in [5.41, 5.74) is 2.33. The first-order valence-corrected chi connectivity index (χ1v) is 9.73. The monoisotopic (exact) mass is 404 g/mol. The molecule has 0 unspecified atom stereocenters. The highest BCUT2D eigenvalue weighted by atomic mass is 32.2. The van der Waals surface area contributed by atoms with Crippen LogP contribution in [0.1, 0.15) is 11.1 Å². The summed E-state index contributed by atoms with van der Waals surface area (Å²) in [7, 11) is 0. The molecule has 4 rings (SSSR count). The third-order valence-corrected chi connectivity index (χ3v) is 5.29. The lowest BCUT2D eigenvalue weighted by molar-refractivity contribution is 0.575. The Morgan fingerprint density at radius 3 is 2.45 bits per heavy atom. The molecule has 29 heavy (non-hydrogen) atoms. The fourth-order valence-electron chi connectivity index (χ4n) is 2.91. The van der Waals surface area contributed by atoms with Gasteiger partial charge in [-0.25, -0.2) is 8.78 Å². The van der Waals surface area contributed by atoms with Crippen LogP contribution in [0.2, 0.25) is 0 Å². The van der Waals surface area contributed by atoms with E-state index >= 15 is 0 Å². The van der Waals surface area contributed by atoms with E-state index in [1.54, 1.807) is 16.7 Å². The summed E-state index contributed by atoms with van der Waals surface area (Å²) in [5, 5.41) is 18.2. The van der Waals surface area contributed by atoms with Crippen LogP contribution in [0.4, 0.5) is 8.78 Å². The van der Waals surface area contributed by atoms with Gasteiger partial charge in [-0.15, -0.1) is 10.2 Å². The van der Waals surface area contributed by atoms with Crippen LogP contribution >= 0.6 is 11.8 Å². The first kappa shape index (κ1) is 18.8. The van der Waals surface area contributed by atoms with Gasteiger partial charge in [-0.3, -0.25) is 4.57 Å². The van der Waals surface area contributed by atoms with Gasteiger partial charge in [-0.2, -0.15) is 5.26 Å². The molecule has 0 spiro atoms. The molecule has 3 aromatic carbocycles. The molecule has 0 fully saturated rings. The molecule has 0 bridgehead atoms.